The van der Waals surface area contributed by atoms with E-state index in [0.29, 0.717) is 5.69 Å². The van der Waals surface area contributed by atoms with Crippen LogP contribution in [-0.4, -0.2) is 22.1 Å². The number of aliphatic hydroxyl groups is 1. The molecule has 1 aliphatic rings. The molecule has 1 aromatic rings. The number of hydroxylamine groups is 1. The van der Waals surface area contributed by atoms with Crippen molar-refractivity contribution in [3.63, 3.8) is 0 Å². The van der Waals surface area contributed by atoms with Crippen LogP contribution in [0.4, 0.5) is 13.2 Å². The van der Waals surface area contributed by atoms with E-state index in [4.69, 9.17) is 0 Å². The molecule has 4 nitrogen and oxygen atoms in total. The van der Waals surface area contributed by atoms with E-state index in [1.807, 2.05) is 0 Å². The van der Waals surface area contributed by atoms with Gasteiger partial charge in [-0.05, 0) is 12.1 Å². The number of aromatic amines is 1. The van der Waals surface area contributed by atoms with Crippen LogP contribution in [0.15, 0.2) is 18.3 Å². The fourth-order valence-electron chi connectivity index (χ4n) is 1.44. The van der Waals surface area contributed by atoms with E-state index >= 15 is 0 Å². The Morgan fingerprint density at radius 3 is 2.73 bits per heavy atom. The zero-order valence-corrected chi connectivity index (χ0v) is 7.51. The van der Waals surface area contributed by atoms with E-state index in [0.717, 1.165) is 0 Å². The lowest BCUT2D eigenvalue weighted by molar-refractivity contribution is -0.361. The van der Waals surface area contributed by atoms with Gasteiger partial charge in [0.2, 0.25) is 0 Å². The van der Waals surface area contributed by atoms with Crippen molar-refractivity contribution >= 4 is 0 Å². The molecule has 15 heavy (non-hydrogen) atoms. The highest BCUT2D eigenvalue weighted by molar-refractivity contribution is 5.11. The molecule has 0 aromatic carbocycles. The molecule has 1 saturated heterocycles. The van der Waals surface area contributed by atoms with Gasteiger partial charge in [-0.25, -0.2) is 0 Å². The summed E-state index contributed by atoms with van der Waals surface area (Å²) in [7, 11) is 0. The van der Waals surface area contributed by atoms with Gasteiger partial charge in [-0.15, -0.1) is 0 Å². The molecule has 0 aliphatic carbocycles. The van der Waals surface area contributed by atoms with E-state index in [1.54, 1.807) is 18.3 Å². The Balaban J connectivity index is 2.13. The van der Waals surface area contributed by atoms with E-state index in [9.17, 15) is 18.3 Å². The summed E-state index contributed by atoms with van der Waals surface area (Å²) in [6, 6.07) is 2.58. The zero-order chi connectivity index (χ0) is 11.1. The number of H-pyrrole nitrogens is 1. The molecule has 1 aliphatic heterocycles. The highest BCUT2D eigenvalue weighted by atomic mass is 19.4. The normalized spacial score (nSPS) is 32.1. The van der Waals surface area contributed by atoms with Crippen LogP contribution in [-0.2, 0) is 4.84 Å². The Hall–Kier alpha value is -1.05. The van der Waals surface area contributed by atoms with Crippen molar-refractivity contribution < 1.29 is 23.1 Å². The molecule has 0 saturated carbocycles. The summed E-state index contributed by atoms with van der Waals surface area (Å²) in [4.78, 5) is 6.95. The molecule has 0 amide bonds. The Bertz CT molecular complexity index is 338. The van der Waals surface area contributed by atoms with Crippen molar-refractivity contribution in [2.24, 2.45) is 0 Å². The third-order valence-corrected chi connectivity index (χ3v) is 2.29. The third-order valence-electron chi connectivity index (χ3n) is 2.29. The first-order chi connectivity index (χ1) is 6.92. The molecule has 1 fully saturated rings. The second-order valence-corrected chi connectivity index (χ2v) is 3.38. The van der Waals surface area contributed by atoms with Gasteiger partial charge in [0.25, 0.3) is 5.79 Å². The van der Waals surface area contributed by atoms with E-state index in [2.05, 4.69) is 15.3 Å². The molecular weight excluding hydrogens is 213 g/mol. The molecule has 0 unspecified atom stereocenters. The quantitative estimate of drug-likeness (QED) is 0.669. The topological polar surface area (TPSA) is 57.3 Å². The molecule has 84 valence electrons. The summed E-state index contributed by atoms with van der Waals surface area (Å²) in [5.74, 6) is -3.11. The van der Waals surface area contributed by atoms with Gasteiger partial charge < -0.3 is 10.1 Å². The first-order valence-corrected chi connectivity index (χ1v) is 4.28. The van der Waals surface area contributed by atoms with Gasteiger partial charge in [-0.1, -0.05) is 0 Å². The number of alkyl halides is 3. The monoisotopic (exact) mass is 222 g/mol. The fourth-order valence-corrected chi connectivity index (χ4v) is 1.44. The van der Waals surface area contributed by atoms with E-state index in [1.165, 1.54) is 0 Å². The number of rotatable bonds is 1. The SMILES string of the molecule is O[C@]1(C(F)(F)F)C[C@H](c2ccc[nH]2)NO1. The van der Waals surface area contributed by atoms with Gasteiger partial charge in [0, 0.05) is 18.3 Å². The Labute approximate surface area is 83.0 Å². The van der Waals surface area contributed by atoms with Crippen LogP contribution in [0.2, 0.25) is 0 Å². The van der Waals surface area contributed by atoms with Gasteiger partial charge in [0.05, 0.1) is 6.04 Å². The summed E-state index contributed by atoms with van der Waals surface area (Å²) < 4.78 is 37.0. The molecule has 2 atom stereocenters. The number of hydrogen-bond donors (Lipinski definition) is 3. The Morgan fingerprint density at radius 2 is 2.27 bits per heavy atom. The first kappa shape index (κ1) is 10.5. The van der Waals surface area contributed by atoms with Crippen molar-refractivity contribution in [1.29, 1.82) is 0 Å². The summed E-state index contributed by atoms with van der Waals surface area (Å²) >= 11 is 0. The number of halogens is 3. The van der Waals surface area contributed by atoms with Crippen LogP contribution in [0, 0.1) is 0 Å². The van der Waals surface area contributed by atoms with Crippen molar-refractivity contribution in [2.75, 3.05) is 0 Å². The predicted molar refractivity (Wildman–Crippen MR) is 43.4 cm³/mol. The predicted octanol–water partition coefficient (Wildman–Crippen LogP) is 1.23. The lowest BCUT2D eigenvalue weighted by atomic mass is 10.1. The van der Waals surface area contributed by atoms with Gasteiger partial charge in [0.1, 0.15) is 0 Å². The Morgan fingerprint density at radius 1 is 1.53 bits per heavy atom. The first-order valence-electron chi connectivity index (χ1n) is 4.28. The molecular formula is C8H9F3N2O2. The number of hydrogen-bond acceptors (Lipinski definition) is 3. The summed E-state index contributed by atoms with van der Waals surface area (Å²) in [6.45, 7) is 0. The van der Waals surface area contributed by atoms with Gasteiger partial charge in [0.15, 0.2) is 0 Å². The summed E-state index contributed by atoms with van der Waals surface area (Å²) in [5.41, 5.74) is 2.69. The minimum Gasteiger partial charge on any atom is -0.364 e. The number of nitrogens with one attached hydrogen (secondary N) is 2. The lowest BCUT2D eigenvalue weighted by Crippen LogP contribution is -2.45. The maximum atomic E-state index is 12.3. The summed E-state index contributed by atoms with van der Waals surface area (Å²) in [5, 5.41) is 9.17. The van der Waals surface area contributed by atoms with Gasteiger partial charge in [-0.2, -0.15) is 18.7 Å². The van der Waals surface area contributed by atoms with Crippen LogP contribution in [0.3, 0.4) is 0 Å². The minimum absolute atomic E-state index is 0.537. The molecule has 7 heteroatoms. The van der Waals surface area contributed by atoms with Crippen LogP contribution < -0.4 is 5.48 Å². The largest absolute Gasteiger partial charge is 0.444 e. The van der Waals surface area contributed by atoms with E-state index < -0.39 is 24.4 Å². The average molecular weight is 222 g/mol. The van der Waals surface area contributed by atoms with Crippen molar-refractivity contribution in [1.82, 2.24) is 10.5 Å². The van der Waals surface area contributed by atoms with Crippen LogP contribution >= 0.6 is 0 Å². The number of aromatic nitrogens is 1. The highest BCUT2D eigenvalue weighted by Crippen LogP contribution is 2.41. The van der Waals surface area contributed by atoms with Crippen LogP contribution in [0.1, 0.15) is 18.2 Å². The van der Waals surface area contributed by atoms with Crippen molar-refractivity contribution in [3.05, 3.63) is 24.0 Å². The lowest BCUT2D eigenvalue weighted by Gasteiger charge is -2.22. The summed E-state index contributed by atoms with van der Waals surface area (Å²) in [6.07, 6.45) is -3.79. The maximum absolute atomic E-state index is 12.3. The van der Waals surface area contributed by atoms with Gasteiger partial charge in [-0.3, -0.25) is 4.84 Å². The molecule has 2 heterocycles. The third kappa shape index (κ3) is 1.73. The molecule has 3 N–H and O–H groups in total. The second-order valence-electron chi connectivity index (χ2n) is 3.38. The van der Waals surface area contributed by atoms with Crippen molar-refractivity contribution in [2.45, 2.75) is 24.4 Å². The minimum atomic E-state index is -4.80. The van der Waals surface area contributed by atoms with Gasteiger partial charge >= 0.3 is 6.18 Å². The van der Waals surface area contributed by atoms with E-state index in [-0.39, 0.29) is 0 Å². The molecule has 1 aromatic heterocycles. The molecule has 2 rings (SSSR count). The van der Waals surface area contributed by atoms with Crippen LogP contribution in [0.5, 0.6) is 0 Å². The molecule has 0 spiro atoms. The average Bonchev–Trinajstić information content (AvgIpc) is 2.70. The maximum Gasteiger partial charge on any atom is 0.444 e. The van der Waals surface area contributed by atoms with Crippen LogP contribution in [0.25, 0.3) is 0 Å². The second kappa shape index (κ2) is 3.22. The smallest absolute Gasteiger partial charge is 0.364 e. The molecule has 0 bridgehead atoms. The zero-order valence-electron chi connectivity index (χ0n) is 7.51. The Kier molecular flexibility index (Phi) is 2.25. The molecule has 0 radical (unpaired) electrons. The standard InChI is InChI=1S/C8H9F3N2O2/c9-8(10,11)7(14)4-6(13-15-7)5-2-1-3-12-5/h1-3,6,12-14H,4H2/t6-,7-/m1/s1. The fraction of sp³-hybridized carbons (Fsp3) is 0.500. The van der Waals surface area contributed by atoms with Crippen molar-refractivity contribution in [3.8, 4) is 0 Å². The highest BCUT2D eigenvalue weighted by Gasteiger charge is 2.60.